The van der Waals surface area contributed by atoms with E-state index in [0.29, 0.717) is 56.7 Å². The Morgan fingerprint density at radius 2 is 1.14 bits per heavy atom. The highest BCUT2D eigenvalue weighted by atomic mass is 16.5. The number of aromatic nitrogens is 3. The first-order valence-corrected chi connectivity index (χ1v) is 24.4. The van der Waals surface area contributed by atoms with E-state index in [-0.39, 0.29) is 23.4 Å². The van der Waals surface area contributed by atoms with Crippen LogP contribution in [0.2, 0.25) is 0 Å². The second kappa shape index (κ2) is 18.3. The molecule has 0 saturated heterocycles. The fourth-order valence-electron chi connectivity index (χ4n) is 11.4. The molecule has 13 nitrogen and oxygen atoms in total. The first-order valence-electron chi connectivity index (χ1n) is 24.4. The lowest BCUT2D eigenvalue weighted by Gasteiger charge is -2.38. The number of rotatable bonds is 15. The number of aromatic amines is 3. The average Bonchev–Trinajstić information content (AvgIpc) is 4.26. The highest BCUT2D eigenvalue weighted by Crippen LogP contribution is 2.41. The minimum atomic E-state index is -1.03. The smallest absolute Gasteiger partial charge is 0.352 e. The van der Waals surface area contributed by atoms with Crippen LogP contribution in [0.3, 0.4) is 0 Å². The van der Waals surface area contributed by atoms with E-state index in [4.69, 9.17) is 4.74 Å². The molecular weight excluding hydrogens is 891 g/mol. The molecule has 3 amide bonds. The molecule has 5 N–H and O–H groups in total. The highest BCUT2D eigenvalue weighted by molar-refractivity contribution is 6.13. The summed E-state index contributed by atoms with van der Waals surface area (Å²) < 4.78 is 5.48. The number of methoxy groups -OCH3 is 1. The molecule has 71 heavy (non-hydrogen) atoms. The number of carboxylic acid groups (broad SMARTS) is 1. The van der Waals surface area contributed by atoms with E-state index in [2.05, 4.69) is 76.2 Å². The Morgan fingerprint density at radius 1 is 0.648 bits per heavy atom. The zero-order valence-corrected chi connectivity index (χ0v) is 39.9. The van der Waals surface area contributed by atoms with Crippen LogP contribution in [0.4, 0.5) is 17.1 Å². The largest absolute Gasteiger partial charge is 0.497 e. The van der Waals surface area contributed by atoms with Gasteiger partial charge < -0.3 is 44.8 Å². The number of ether oxygens (including phenoxy) is 1. The van der Waals surface area contributed by atoms with Gasteiger partial charge in [-0.1, -0.05) is 67.6 Å². The molecule has 5 aromatic carbocycles. The van der Waals surface area contributed by atoms with Gasteiger partial charge in [0.25, 0.3) is 11.8 Å². The third-order valence-electron chi connectivity index (χ3n) is 14.9. The first-order chi connectivity index (χ1) is 34.6. The average molecular weight is 946 g/mol. The van der Waals surface area contributed by atoms with E-state index in [1.54, 1.807) is 18.1 Å². The Morgan fingerprint density at radius 3 is 1.66 bits per heavy atom. The van der Waals surface area contributed by atoms with Gasteiger partial charge in [-0.15, -0.1) is 0 Å². The number of anilines is 3. The summed E-state index contributed by atoms with van der Waals surface area (Å²) in [6, 6.07) is 35.7. The maximum atomic E-state index is 14.3. The summed E-state index contributed by atoms with van der Waals surface area (Å²) in [5.74, 6) is -0.413. The number of fused-ring (bicyclic) bond motifs is 9. The monoisotopic (exact) mass is 945 g/mol. The zero-order valence-electron chi connectivity index (χ0n) is 39.9. The van der Waals surface area contributed by atoms with Crippen molar-refractivity contribution in [1.82, 2.24) is 20.3 Å². The molecule has 1 unspecified atom stereocenters. The lowest BCUT2D eigenvalue weighted by molar-refractivity contribution is -0.118. The van der Waals surface area contributed by atoms with Crippen molar-refractivity contribution >= 4 is 73.5 Å². The van der Waals surface area contributed by atoms with Gasteiger partial charge >= 0.3 is 5.97 Å². The molecule has 0 fully saturated rings. The lowest BCUT2D eigenvalue weighted by Crippen LogP contribution is -2.45. The molecule has 0 saturated carbocycles. The molecule has 3 aliphatic rings. The van der Waals surface area contributed by atoms with Crippen LogP contribution in [0.15, 0.2) is 133 Å². The summed E-state index contributed by atoms with van der Waals surface area (Å²) in [5.41, 5.74) is 11.8. The molecule has 11 rings (SSSR count). The third kappa shape index (κ3) is 7.77. The van der Waals surface area contributed by atoms with Crippen molar-refractivity contribution in [3.8, 4) is 5.75 Å². The quantitative estimate of drug-likeness (QED) is 0.0504. The Bertz CT molecular complexity index is 3470. The first kappa shape index (κ1) is 45.3. The number of hydrogen-bond donors (Lipinski definition) is 5. The fraction of sp³-hybridized carbons (Fsp3) is 0.241. The van der Waals surface area contributed by atoms with Crippen molar-refractivity contribution in [2.45, 2.75) is 57.4 Å². The summed E-state index contributed by atoms with van der Waals surface area (Å²) in [7, 11) is 1.67. The van der Waals surface area contributed by atoms with Gasteiger partial charge in [0.1, 0.15) is 22.8 Å². The Balaban J connectivity index is 0.741. The van der Waals surface area contributed by atoms with E-state index in [0.717, 1.165) is 115 Å². The van der Waals surface area contributed by atoms with Gasteiger partial charge in [0.2, 0.25) is 5.91 Å². The van der Waals surface area contributed by atoms with Crippen LogP contribution >= 0.6 is 0 Å². The number of aromatic carboxylic acids is 1. The summed E-state index contributed by atoms with van der Waals surface area (Å²) >= 11 is 0. The predicted molar refractivity (Wildman–Crippen MR) is 279 cm³/mol. The van der Waals surface area contributed by atoms with Gasteiger partial charge in [0, 0.05) is 75.8 Å². The topological polar surface area (TPSA) is 167 Å². The standard InChI is InChI=1S/C58H55N7O6/c1-4-11-35(2)58(36-12-7-5-8-13-36,37-15-17-38(71-3)18-16-37)59-28-10-6-9-14-54(66)63-29-25-39-42-32-48(60-45(42)19-22-51(39)63)55(67)64-30-26-40-43-33-49(61-46(43)20-23-52(40)64)56(68)65-31-27-41-44-34-50(57(69)70)62-47(44)21-24-53(41)65/h4-5,7-8,11-13,15-24,32-34,59-62H,1,6,9-10,14,25-31H2,2-3H3,(H,69,70). The highest BCUT2D eigenvalue weighted by Gasteiger charge is 2.36. The molecule has 0 spiro atoms. The summed E-state index contributed by atoms with van der Waals surface area (Å²) in [4.78, 5) is 68.9. The lowest BCUT2D eigenvalue weighted by atomic mass is 9.76. The minimum absolute atomic E-state index is 0.110. The molecule has 1 atom stereocenters. The SMILES string of the molecule is C=CC=C(C)C(NCCCCCC(=O)N1CCc2c1ccc1[nH]c(C(=O)N3CCc4c3ccc3[nH]c(C(=O)N5CCc6c5ccc5[nH]c(C(=O)O)cc65)cc43)cc21)(c1ccccc1)c1ccc(OC)cc1. The number of unbranched alkanes of at least 4 members (excludes halogenated alkanes) is 2. The number of amides is 3. The van der Waals surface area contributed by atoms with E-state index < -0.39 is 11.5 Å². The number of carbonyl (C=O) groups is 4. The molecular formula is C58H55N7O6. The predicted octanol–water partition coefficient (Wildman–Crippen LogP) is 10.4. The van der Waals surface area contributed by atoms with Crippen LogP contribution in [0.5, 0.6) is 5.75 Å². The number of nitrogens with zero attached hydrogens (tertiary/aromatic N) is 3. The van der Waals surface area contributed by atoms with Crippen LogP contribution in [-0.2, 0) is 29.6 Å². The van der Waals surface area contributed by atoms with Crippen molar-refractivity contribution < 1.29 is 29.0 Å². The van der Waals surface area contributed by atoms with Gasteiger partial charge in [-0.3, -0.25) is 14.4 Å². The summed E-state index contributed by atoms with van der Waals surface area (Å²) in [5, 5.41) is 16.1. The molecule has 3 aromatic heterocycles. The number of allylic oxidation sites excluding steroid dienone is 2. The second-order valence-corrected chi connectivity index (χ2v) is 18.8. The minimum Gasteiger partial charge on any atom is -0.497 e. The molecule has 0 aliphatic carbocycles. The van der Waals surface area contributed by atoms with Gasteiger partial charge in [0.05, 0.1) is 12.6 Å². The summed E-state index contributed by atoms with van der Waals surface area (Å²) in [6.07, 6.45) is 8.86. The van der Waals surface area contributed by atoms with E-state index in [9.17, 15) is 24.3 Å². The van der Waals surface area contributed by atoms with Crippen LogP contribution in [0.25, 0.3) is 32.7 Å². The molecule has 6 heterocycles. The van der Waals surface area contributed by atoms with Crippen LogP contribution in [0, 0.1) is 0 Å². The molecule has 0 bridgehead atoms. The molecule has 13 heteroatoms. The van der Waals surface area contributed by atoms with E-state index in [1.165, 1.54) is 0 Å². The van der Waals surface area contributed by atoms with Crippen molar-refractivity contribution in [2.75, 3.05) is 48.0 Å². The molecule has 3 aliphatic heterocycles. The molecule has 358 valence electrons. The van der Waals surface area contributed by atoms with Crippen molar-refractivity contribution in [3.63, 3.8) is 0 Å². The van der Waals surface area contributed by atoms with Gasteiger partial charge in [-0.2, -0.15) is 0 Å². The molecule has 0 radical (unpaired) electrons. The van der Waals surface area contributed by atoms with Gasteiger partial charge in [0.15, 0.2) is 0 Å². The van der Waals surface area contributed by atoms with Crippen LogP contribution in [0.1, 0.15) is 91.9 Å². The van der Waals surface area contributed by atoms with E-state index >= 15 is 0 Å². The van der Waals surface area contributed by atoms with E-state index in [1.807, 2.05) is 82.6 Å². The Hall–Kier alpha value is -8.16. The normalized spacial score (nSPS) is 15.1. The van der Waals surface area contributed by atoms with Crippen LogP contribution < -0.4 is 24.8 Å². The van der Waals surface area contributed by atoms with Crippen molar-refractivity contribution in [3.05, 3.63) is 178 Å². The maximum Gasteiger partial charge on any atom is 0.352 e. The molecule has 8 aromatic rings. The number of hydrogen-bond acceptors (Lipinski definition) is 6. The van der Waals surface area contributed by atoms with Gasteiger partial charge in [-0.05, 0) is 146 Å². The number of carbonyl (C=O) groups excluding carboxylic acids is 3. The Labute approximate surface area is 410 Å². The van der Waals surface area contributed by atoms with Crippen molar-refractivity contribution in [2.24, 2.45) is 0 Å². The van der Waals surface area contributed by atoms with Crippen molar-refractivity contribution in [1.29, 1.82) is 0 Å². The van der Waals surface area contributed by atoms with Gasteiger partial charge in [-0.25, -0.2) is 4.79 Å². The second-order valence-electron chi connectivity index (χ2n) is 18.8. The number of carboxylic acids is 1. The number of benzene rings is 5. The third-order valence-corrected chi connectivity index (χ3v) is 14.9. The summed E-state index contributed by atoms with van der Waals surface area (Å²) in [6.45, 7) is 8.45. The maximum absolute atomic E-state index is 14.3. The fourth-order valence-corrected chi connectivity index (χ4v) is 11.4. The Kier molecular flexibility index (Phi) is 11.7. The number of nitrogens with one attached hydrogen (secondary N) is 4. The number of H-pyrrole nitrogens is 3. The van der Waals surface area contributed by atoms with Crippen LogP contribution in [-0.4, -0.2) is 77.0 Å². The zero-order chi connectivity index (χ0) is 49.0.